The molecular weight excluding hydrogens is 404 g/mol. The highest BCUT2D eigenvalue weighted by Crippen LogP contribution is 2.39. The van der Waals surface area contributed by atoms with E-state index in [2.05, 4.69) is 4.98 Å². The normalized spacial score (nSPS) is 16.6. The molecule has 0 saturated heterocycles. The summed E-state index contributed by atoms with van der Waals surface area (Å²) in [5.41, 5.74) is 1.45. The third kappa shape index (κ3) is 3.90. The number of halogens is 1. The van der Waals surface area contributed by atoms with E-state index in [9.17, 15) is 14.7 Å². The van der Waals surface area contributed by atoms with Crippen LogP contribution < -0.4 is 0 Å². The Morgan fingerprint density at radius 2 is 2.00 bits per heavy atom. The first-order chi connectivity index (χ1) is 14.5. The van der Waals surface area contributed by atoms with Gasteiger partial charge in [0.15, 0.2) is 11.5 Å². The summed E-state index contributed by atoms with van der Waals surface area (Å²) in [6.45, 7) is 0.183. The third-order valence-corrected chi connectivity index (χ3v) is 5.02. The van der Waals surface area contributed by atoms with Crippen molar-refractivity contribution in [3.05, 3.63) is 107 Å². The van der Waals surface area contributed by atoms with Crippen LogP contribution in [0.1, 0.15) is 22.9 Å². The van der Waals surface area contributed by atoms with Gasteiger partial charge in [0.05, 0.1) is 17.9 Å². The second kappa shape index (κ2) is 8.39. The van der Waals surface area contributed by atoms with E-state index >= 15 is 0 Å². The lowest BCUT2D eigenvalue weighted by Gasteiger charge is -2.26. The minimum Gasteiger partial charge on any atom is -0.503 e. The van der Waals surface area contributed by atoms with Crippen LogP contribution >= 0.6 is 11.6 Å². The maximum absolute atomic E-state index is 13.0. The van der Waals surface area contributed by atoms with Gasteiger partial charge in [-0.15, -0.1) is 0 Å². The minimum absolute atomic E-state index is 0.00835. The molecule has 6 nitrogen and oxygen atoms in total. The molecule has 1 amide bonds. The van der Waals surface area contributed by atoms with Gasteiger partial charge in [-0.2, -0.15) is 0 Å². The summed E-state index contributed by atoms with van der Waals surface area (Å²) >= 11 is 6.01. The number of carbonyl (C=O) groups excluding carboxylic acids is 2. The number of nitrogens with zero attached hydrogens (tertiary/aromatic N) is 2. The summed E-state index contributed by atoms with van der Waals surface area (Å²) in [6, 6.07) is 13.1. The molecule has 1 aliphatic heterocycles. The van der Waals surface area contributed by atoms with E-state index in [1.807, 2.05) is 6.07 Å². The van der Waals surface area contributed by atoms with Crippen LogP contribution in [0.25, 0.3) is 6.08 Å². The van der Waals surface area contributed by atoms with Crippen LogP contribution in [-0.4, -0.2) is 26.7 Å². The number of ketones is 1. The number of amides is 1. The largest absolute Gasteiger partial charge is 0.503 e. The van der Waals surface area contributed by atoms with Crippen molar-refractivity contribution in [2.75, 3.05) is 0 Å². The predicted molar refractivity (Wildman–Crippen MR) is 111 cm³/mol. The van der Waals surface area contributed by atoms with Gasteiger partial charge < -0.3 is 14.4 Å². The lowest BCUT2D eigenvalue weighted by molar-refractivity contribution is -0.130. The van der Waals surface area contributed by atoms with Crippen LogP contribution in [0.3, 0.4) is 0 Å². The average Bonchev–Trinajstić information content (AvgIpc) is 3.36. The summed E-state index contributed by atoms with van der Waals surface area (Å²) in [5, 5.41) is 11.1. The molecule has 30 heavy (non-hydrogen) atoms. The molecule has 1 aromatic carbocycles. The van der Waals surface area contributed by atoms with Crippen molar-refractivity contribution in [2.45, 2.75) is 12.6 Å². The van der Waals surface area contributed by atoms with Gasteiger partial charge in [-0.3, -0.25) is 14.6 Å². The molecule has 2 aromatic heterocycles. The highest BCUT2D eigenvalue weighted by molar-refractivity contribution is 6.30. The smallest absolute Gasteiger partial charge is 0.290 e. The van der Waals surface area contributed by atoms with Gasteiger partial charge in [-0.25, -0.2) is 0 Å². The quantitative estimate of drug-likeness (QED) is 0.593. The van der Waals surface area contributed by atoms with Crippen molar-refractivity contribution >= 4 is 29.4 Å². The van der Waals surface area contributed by atoms with Gasteiger partial charge in [0.2, 0.25) is 0 Å². The number of pyridine rings is 1. The molecular formula is C23H17ClN2O4. The first kappa shape index (κ1) is 19.7. The molecule has 1 unspecified atom stereocenters. The molecule has 4 rings (SSSR count). The number of hydrogen-bond acceptors (Lipinski definition) is 5. The number of carbonyl (C=O) groups is 2. The fourth-order valence-electron chi connectivity index (χ4n) is 3.38. The molecule has 1 atom stereocenters. The monoisotopic (exact) mass is 420 g/mol. The standard InChI is InChI=1S/C23H17ClN2O4/c24-17-7-5-16(6-8-17)21-20(19(27)10-9-18-4-2-12-30-18)22(28)23(29)26(21)14-15-3-1-11-25-13-15/h1-13,21,28H,14H2. The zero-order valence-electron chi connectivity index (χ0n) is 15.7. The Balaban J connectivity index is 1.73. The average molecular weight is 421 g/mol. The van der Waals surface area contributed by atoms with Gasteiger partial charge in [-0.05, 0) is 53.6 Å². The molecule has 0 saturated carbocycles. The van der Waals surface area contributed by atoms with Crippen LogP contribution in [0.5, 0.6) is 0 Å². The maximum Gasteiger partial charge on any atom is 0.290 e. The number of rotatable bonds is 6. The molecule has 0 fully saturated rings. The van der Waals surface area contributed by atoms with Crippen LogP contribution in [0, 0.1) is 0 Å². The van der Waals surface area contributed by atoms with E-state index in [0.717, 1.165) is 5.56 Å². The second-order valence-corrected chi connectivity index (χ2v) is 7.16. The molecule has 3 heterocycles. The number of hydrogen-bond donors (Lipinski definition) is 1. The van der Waals surface area contributed by atoms with Crippen LogP contribution in [-0.2, 0) is 16.1 Å². The number of aromatic nitrogens is 1. The van der Waals surface area contributed by atoms with Crippen molar-refractivity contribution < 1.29 is 19.1 Å². The van der Waals surface area contributed by atoms with Crippen LogP contribution in [0.15, 0.2) is 89.0 Å². The summed E-state index contributed by atoms with van der Waals surface area (Å²) < 4.78 is 5.20. The zero-order valence-corrected chi connectivity index (χ0v) is 16.5. The molecule has 1 aliphatic rings. The van der Waals surface area contributed by atoms with Gasteiger partial charge >= 0.3 is 0 Å². The van der Waals surface area contributed by atoms with E-state index in [4.69, 9.17) is 16.0 Å². The number of aliphatic hydroxyl groups is 1. The predicted octanol–water partition coefficient (Wildman–Crippen LogP) is 4.51. The molecule has 0 spiro atoms. The molecule has 0 bridgehead atoms. The Labute approximate surface area is 177 Å². The Morgan fingerprint density at radius 1 is 1.20 bits per heavy atom. The molecule has 1 N–H and O–H groups in total. The van der Waals surface area contributed by atoms with Crippen molar-refractivity contribution in [3.63, 3.8) is 0 Å². The lowest BCUT2D eigenvalue weighted by Crippen LogP contribution is -2.30. The Morgan fingerprint density at radius 3 is 2.67 bits per heavy atom. The van der Waals surface area contributed by atoms with E-state index in [1.54, 1.807) is 54.9 Å². The molecule has 0 aliphatic carbocycles. The number of aliphatic hydroxyl groups excluding tert-OH is 1. The van der Waals surface area contributed by atoms with Gasteiger partial charge in [0, 0.05) is 24.0 Å². The molecule has 0 radical (unpaired) electrons. The topological polar surface area (TPSA) is 83.6 Å². The molecule has 150 valence electrons. The summed E-state index contributed by atoms with van der Waals surface area (Å²) in [7, 11) is 0. The van der Waals surface area contributed by atoms with Crippen molar-refractivity contribution in [1.82, 2.24) is 9.88 Å². The zero-order chi connectivity index (χ0) is 21.1. The highest BCUT2D eigenvalue weighted by Gasteiger charge is 2.42. The second-order valence-electron chi connectivity index (χ2n) is 6.72. The maximum atomic E-state index is 13.0. The van der Waals surface area contributed by atoms with Crippen molar-refractivity contribution in [2.24, 2.45) is 0 Å². The van der Waals surface area contributed by atoms with E-state index in [1.165, 1.54) is 23.3 Å². The van der Waals surface area contributed by atoms with Crippen LogP contribution in [0.4, 0.5) is 0 Å². The lowest BCUT2D eigenvalue weighted by atomic mass is 9.95. The number of allylic oxidation sites excluding steroid dienone is 1. The van der Waals surface area contributed by atoms with E-state index < -0.39 is 23.5 Å². The highest BCUT2D eigenvalue weighted by atomic mass is 35.5. The SMILES string of the molecule is O=C(C=Cc1ccco1)C1=C(O)C(=O)N(Cc2cccnc2)C1c1ccc(Cl)cc1. The fraction of sp³-hybridized carbons (Fsp3) is 0.0870. The van der Waals surface area contributed by atoms with Crippen molar-refractivity contribution in [1.29, 1.82) is 0 Å². The molecule has 3 aromatic rings. The number of furan rings is 1. The minimum atomic E-state index is -0.760. The summed E-state index contributed by atoms with van der Waals surface area (Å²) in [6.07, 6.45) is 7.55. The van der Waals surface area contributed by atoms with Crippen LogP contribution in [0.2, 0.25) is 5.02 Å². The Bertz CT molecular complexity index is 1120. The van der Waals surface area contributed by atoms with Gasteiger partial charge in [0.1, 0.15) is 5.76 Å². The summed E-state index contributed by atoms with van der Waals surface area (Å²) in [4.78, 5) is 31.4. The summed E-state index contributed by atoms with van der Waals surface area (Å²) in [5.74, 6) is -1.17. The first-order valence-electron chi connectivity index (χ1n) is 9.19. The van der Waals surface area contributed by atoms with Gasteiger partial charge in [0.25, 0.3) is 5.91 Å². The number of benzene rings is 1. The van der Waals surface area contributed by atoms with Gasteiger partial charge in [-0.1, -0.05) is 29.8 Å². The fourth-order valence-corrected chi connectivity index (χ4v) is 3.51. The molecule has 7 heteroatoms. The Hall–Kier alpha value is -3.64. The van der Waals surface area contributed by atoms with Crippen molar-refractivity contribution in [3.8, 4) is 0 Å². The third-order valence-electron chi connectivity index (χ3n) is 4.77. The van der Waals surface area contributed by atoms with E-state index in [0.29, 0.717) is 16.3 Å². The van der Waals surface area contributed by atoms with E-state index in [-0.39, 0.29) is 12.1 Å². The first-order valence-corrected chi connectivity index (χ1v) is 9.57. The Kier molecular flexibility index (Phi) is 5.50.